The largest absolute Gasteiger partial charge is 0.478 e. The fraction of sp³-hybridized carbons (Fsp3) is 0.125. The Morgan fingerprint density at radius 3 is 1.45 bits per heavy atom. The van der Waals surface area contributed by atoms with Crippen molar-refractivity contribution in [3.63, 3.8) is 0 Å². The molecule has 114 valence electrons. The van der Waals surface area contributed by atoms with Crippen molar-refractivity contribution in [2.75, 3.05) is 6.16 Å². The number of aromatic carboxylic acids is 2. The van der Waals surface area contributed by atoms with Crippen molar-refractivity contribution in [1.29, 1.82) is 0 Å². The highest BCUT2D eigenvalue weighted by Crippen LogP contribution is 2.28. The van der Waals surface area contributed by atoms with Crippen LogP contribution in [0.15, 0.2) is 48.5 Å². The summed E-state index contributed by atoms with van der Waals surface area (Å²) in [5, 5.41) is 17.8. The van der Waals surface area contributed by atoms with Gasteiger partial charge in [-0.1, -0.05) is 24.3 Å². The molecule has 0 spiro atoms. The van der Waals surface area contributed by atoms with Crippen LogP contribution in [-0.2, 0) is 4.57 Å². The van der Waals surface area contributed by atoms with Gasteiger partial charge in [-0.3, -0.25) is 0 Å². The van der Waals surface area contributed by atoms with E-state index in [0.717, 1.165) is 11.1 Å². The van der Waals surface area contributed by atoms with Gasteiger partial charge in [0.2, 0.25) is 0 Å². The second-order valence-corrected chi connectivity index (χ2v) is 5.61. The Bertz CT molecular complexity index is 634. The zero-order valence-corrected chi connectivity index (χ0v) is 12.8. The highest BCUT2D eigenvalue weighted by Gasteiger charge is 2.15. The smallest absolute Gasteiger partial charge is 0.335 e. The van der Waals surface area contributed by atoms with E-state index >= 15 is 0 Å². The van der Waals surface area contributed by atoms with Crippen LogP contribution in [0.1, 0.15) is 37.8 Å². The topological polar surface area (TPSA) is 91.7 Å². The zero-order chi connectivity index (χ0) is 16.1. The maximum absolute atomic E-state index is 11.1. The van der Waals surface area contributed by atoms with E-state index in [-0.39, 0.29) is 17.0 Å². The van der Waals surface area contributed by atoms with Crippen LogP contribution in [0.3, 0.4) is 0 Å². The van der Waals surface area contributed by atoms with Crippen LogP contribution in [-0.4, -0.2) is 28.3 Å². The van der Waals surface area contributed by atoms with Crippen LogP contribution in [0.2, 0.25) is 0 Å². The predicted molar refractivity (Wildman–Crippen MR) is 83.9 cm³/mol. The van der Waals surface area contributed by atoms with E-state index in [4.69, 9.17) is 10.2 Å². The van der Waals surface area contributed by atoms with E-state index in [1.807, 2.05) is 0 Å². The number of carboxylic acids is 2. The summed E-state index contributed by atoms with van der Waals surface area (Å²) in [5.74, 6) is -2.13. The Hall–Kier alpha value is -2.39. The second-order valence-electron chi connectivity index (χ2n) is 4.81. The molecule has 0 aromatic heterocycles. The van der Waals surface area contributed by atoms with Gasteiger partial charge in [0.25, 0.3) is 0 Å². The molecule has 5 nitrogen and oxygen atoms in total. The van der Waals surface area contributed by atoms with Crippen LogP contribution in [0, 0.1) is 0 Å². The first-order valence-electron chi connectivity index (χ1n) is 6.63. The SMILES string of the molecule is O=[PH2]CC(c1ccc(C(=O)O)cc1)c1ccc(C(=O)O)cc1. The number of rotatable bonds is 6. The van der Waals surface area contributed by atoms with Crippen LogP contribution >= 0.6 is 8.46 Å². The molecule has 0 saturated carbocycles. The molecule has 0 fully saturated rings. The first-order chi connectivity index (χ1) is 10.5. The fourth-order valence-electron chi connectivity index (χ4n) is 2.28. The van der Waals surface area contributed by atoms with E-state index < -0.39 is 20.4 Å². The lowest BCUT2D eigenvalue weighted by Crippen LogP contribution is -2.05. The molecule has 1 atom stereocenters. The summed E-state index contributed by atoms with van der Waals surface area (Å²) in [4.78, 5) is 21.8. The number of carbonyl (C=O) groups is 2. The molecule has 2 N–H and O–H groups in total. The molecule has 0 aliphatic heterocycles. The minimum atomic E-state index is -0.997. The summed E-state index contributed by atoms with van der Waals surface area (Å²) in [6.07, 6.45) is 0.443. The molecule has 1 unspecified atom stereocenters. The molecular weight excluding hydrogens is 303 g/mol. The molecule has 0 amide bonds. The Kier molecular flexibility index (Phi) is 5.12. The van der Waals surface area contributed by atoms with E-state index in [1.165, 1.54) is 24.3 Å². The summed E-state index contributed by atoms with van der Waals surface area (Å²) in [6.45, 7) is 0. The van der Waals surface area contributed by atoms with Crippen LogP contribution in [0.5, 0.6) is 0 Å². The van der Waals surface area contributed by atoms with E-state index in [1.54, 1.807) is 24.3 Å². The average Bonchev–Trinajstić information content (AvgIpc) is 2.53. The molecular formula is C16H15O5P. The minimum absolute atomic E-state index is 0.141. The van der Waals surface area contributed by atoms with Gasteiger partial charge < -0.3 is 14.8 Å². The first kappa shape index (κ1) is 16.0. The van der Waals surface area contributed by atoms with Crippen LogP contribution in [0.25, 0.3) is 0 Å². The molecule has 2 aromatic rings. The van der Waals surface area contributed by atoms with Crippen LogP contribution < -0.4 is 0 Å². The number of hydrogen-bond acceptors (Lipinski definition) is 3. The van der Waals surface area contributed by atoms with Crippen LogP contribution in [0.4, 0.5) is 0 Å². The van der Waals surface area contributed by atoms with Crippen molar-refractivity contribution >= 4 is 20.4 Å². The molecule has 2 rings (SSSR count). The van der Waals surface area contributed by atoms with Gasteiger partial charge in [0.05, 0.1) is 19.6 Å². The average molecular weight is 318 g/mol. The Morgan fingerprint density at radius 2 is 1.18 bits per heavy atom. The van der Waals surface area contributed by atoms with Crippen molar-refractivity contribution in [3.8, 4) is 0 Å². The van der Waals surface area contributed by atoms with Gasteiger partial charge in [0.1, 0.15) is 0 Å². The molecule has 0 aliphatic carbocycles. The zero-order valence-electron chi connectivity index (χ0n) is 11.6. The van der Waals surface area contributed by atoms with Gasteiger partial charge in [0, 0.05) is 12.1 Å². The van der Waals surface area contributed by atoms with Crippen molar-refractivity contribution in [2.45, 2.75) is 5.92 Å². The van der Waals surface area contributed by atoms with E-state index in [9.17, 15) is 14.2 Å². The van der Waals surface area contributed by atoms with Gasteiger partial charge in [-0.05, 0) is 35.4 Å². The third kappa shape index (κ3) is 3.62. The summed E-state index contributed by atoms with van der Waals surface area (Å²) in [5.41, 5.74) is 2.10. The van der Waals surface area contributed by atoms with Crippen molar-refractivity contribution in [3.05, 3.63) is 70.8 Å². The van der Waals surface area contributed by atoms with Crippen molar-refractivity contribution in [1.82, 2.24) is 0 Å². The molecule has 0 saturated heterocycles. The van der Waals surface area contributed by atoms with Crippen molar-refractivity contribution < 1.29 is 24.4 Å². The third-order valence-corrected chi connectivity index (χ3v) is 4.12. The van der Waals surface area contributed by atoms with Crippen molar-refractivity contribution in [2.24, 2.45) is 0 Å². The lowest BCUT2D eigenvalue weighted by molar-refractivity contribution is 0.0686. The van der Waals surface area contributed by atoms with Gasteiger partial charge in [-0.25, -0.2) is 9.59 Å². The summed E-state index contributed by atoms with van der Waals surface area (Å²) in [6, 6.07) is 12.9. The minimum Gasteiger partial charge on any atom is -0.478 e. The van der Waals surface area contributed by atoms with Gasteiger partial charge in [-0.2, -0.15) is 0 Å². The molecule has 22 heavy (non-hydrogen) atoms. The molecule has 6 heteroatoms. The quantitative estimate of drug-likeness (QED) is 0.799. The molecule has 0 aliphatic rings. The van der Waals surface area contributed by atoms with E-state index in [2.05, 4.69) is 0 Å². The molecule has 0 radical (unpaired) electrons. The van der Waals surface area contributed by atoms with Gasteiger partial charge in [0.15, 0.2) is 0 Å². The highest BCUT2D eigenvalue weighted by molar-refractivity contribution is 7.23. The first-order valence-corrected chi connectivity index (χ1v) is 7.92. The third-order valence-electron chi connectivity index (χ3n) is 3.45. The summed E-state index contributed by atoms with van der Waals surface area (Å²) >= 11 is 0. The number of benzene rings is 2. The monoisotopic (exact) mass is 318 g/mol. The van der Waals surface area contributed by atoms with Gasteiger partial charge in [-0.15, -0.1) is 0 Å². The Morgan fingerprint density at radius 1 is 0.818 bits per heavy atom. The standard InChI is InChI=1S/C16H15O5P/c17-15(18)12-5-1-10(2-6-12)14(9-22-21)11-3-7-13(8-4-11)16(19)20/h1-8,14H,9,22H2,(H,17,18)(H,19,20). The molecule has 0 heterocycles. The highest BCUT2D eigenvalue weighted by atomic mass is 31.1. The molecule has 2 aromatic carbocycles. The maximum Gasteiger partial charge on any atom is 0.335 e. The lowest BCUT2D eigenvalue weighted by atomic mass is 9.91. The molecule has 0 bridgehead atoms. The Balaban J connectivity index is 2.34. The number of hydrogen-bond donors (Lipinski definition) is 2. The van der Waals surface area contributed by atoms with E-state index in [0.29, 0.717) is 6.16 Å². The fourth-order valence-corrected chi connectivity index (χ4v) is 3.01. The second kappa shape index (κ2) is 7.05. The lowest BCUT2D eigenvalue weighted by Gasteiger charge is -2.16. The normalized spacial score (nSPS) is 11.1. The predicted octanol–water partition coefficient (Wildman–Crippen LogP) is 2.97. The number of carboxylic acid groups (broad SMARTS) is 2. The summed E-state index contributed by atoms with van der Waals surface area (Å²) in [7, 11) is -0.981. The Labute approximate surface area is 128 Å². The van der Waals surface area contributed by atoms with Gasteiger partial charge >= 0.3 is 11.9 Å². The maximum atomic E-state index is 11.1. The summed E-state index contributed by atoms with van der Waals surface area (Å²) < 4.78 is 11.1.